The summed E-state index contributed by atoms with van der Waals surface area (Å²) in [5, 5.41) is 8.84. The number of nitrogens with two attached hydrogens (primary N) is 1. The smallest absolute Gasteiger partial charge is 0.334 e. The van der Waals surface area contributed by atoms with E-state index in [1.54, 1.807) is 12.3 Å². The van der Waals surface area contributed by atoms with E-state index in [4.69, 9.17) is 5.73 Å². The number of carbonyl (C=O) groups is 1. The van der Waals surface area contributed by atoms with Gasteiger partial charge in [0.1, 0.15) is 11.2 Å². The Morgan fingerprint density at radius 3 is 2.19 bits per heavy atom. The number of rotatable bonds is 16. The number of hydrogen-bond acceptors (Lipinski definition) is 4. The molecule has 0 saturated heterocycles. The van der Waals surface area contributed by atoms with Gasteiger partial charge in [-0.1, -0.05) is 70.9 Å². The molecule has 1 aliphatic heterocycles. The summed E-state index contributed by atoms with van der Waals surface area (Å²) in [7, 11) is 0. The fourth-order valence-electron chi connectivity index (χ4n) is 3.82. The van der Waals surface area contributed by atoms with Gasteiger partial charge in [0.15, 0.2) is 0 Å². The number of carboxylic acid groups (broad SMARTS) is 1. The number of thioether (sulfide) groups is 1. The number of nitrogens with zero attached hydrogens (tertiary/aromatic N) is 1. The van der Waals surface area contributed by atoms with Crippen LogP contribution in [0.15, 0.2) is 48.2 Å². The number of halogens is 3. The summed E-state index contributed by atoms with van der Waals surface area (Å²) in [6, 6.07) is 4.18. The van der Waals surface area contributed by atoms with Crippen molar-refractivity contribution in [2.75, 3.05) is 18.8 Å². The molecule has 4 nitrogen and oxygen atoms in total. The first-order valence-corrected chi connectivity index (χ1v) is 14.1. The summed E-state index contributed by atoms with van der Waals surface area (Å²) in [5.41, 5.74) is 5.34. The van der Waals surface area contributed by atoms with Crippen LogP contribution in [0.25, 0.3) is 0 Å². The molecule has 0 radical (unpaired) electrons. The zero-order chi connectivity index (χ0) is 26.8. The minimum absolute atomic E-state index is 0.0771. The van der Waals surface area contributed by atoms with E-state index in [0.717, 1.165) is 37.2 Å². The maximum absolute atomic E-state index is 14.2. The number of allylic oxidation sites excluding steroid dienone is 2. The minimum Gasteiger partial charge on any atom is -0.478 e. The summed E-state index contributed by atoms with van der Waals surface area (Å²) >= 11 is 1.18. The van der Waals surface area contributed by atoms with Crippen molar-refractivity contribution in [3.05, 3.63) is 59.6 Å². The molecule has 8 heteroatoms. The zero-order valence-electron chi connectivity index (χ0n) is 21.7. The Balaban J connectivity index is 0.000000497. The van der Waals surface area contributed by atoms with E-state index in [-0.39, 0.29) is 16.9 Å². The molecule has 1 aromatic carbocycles. The van der Waals surface area contributed by atoms with Crippen molar-refractivity contribution in [1.82, 2.24) is 4.90 Å². The largest absolute Gasteiger partial charge is 0.478 e. The Labute approximate surface area is 219 Å². The lowest BCUT2D eigenvalue weighted by Gasteiger charge is -2.32. The molecule has 3 N–H and O–H groups in total. The van der Waals surface area contributed by atoms with Crippen LogP contribution in [0, 0.1) is 5.82 Å². The second kappa shape index (κ2) is 18.3. The van der Waals surface area contributed by atoms with Gasteiger partial charge >= 0.3 is 5.97 Å². The molecule has 204 valence electrons. The monoisotopic (exact) mass is 528 g/mol. The van der Waals surface area contributed by atoms with Crippen LogP contribution in [0.3, 0.4) is 0 Å². The van der Waals surface area contributed by atoms with Gasteiger partial charge in [0.05, 0.1) is 5.57 Å². The normalized spacial score (nSPS) is 15.3. The highest BCUT2D eigenvalue weighted by atomic mass is 32.2. The van der Waals surface area contributed by atoms with Gasteiger partial charge in [0.2, 0.25) is 0 Å². The fourth-order valence-corrected chi connectivity index (χ4v) is 5.15. The summed E-state index contributed by atoms with van der Waals surface area (Å²) in [4.78, 5) is 13.3. The highest BCUT2D eigenvalue weighted by molar-refractivity contribution is 8.00. The third-order valence-corrected chi connectivity index (χ3v) is 7.15. The molecule has 0 amide bonds. The van der Waals surface area contributed by atoms with E-state index in [0.29, 0.717) is 6.54 Å². The standard InChI is InChI=1S/C18H20F3NO2S.C10H23N/c1-2-10-22-11-3-4-15(17(23)24)16(22)25-12-9-18(20,21)13-5-7-14(19)8-6-13;1-2-3-4-5-6-7-8-9-10-11/h3-8,11,16H,2,9-10,12H2,1H3,(H,23,24);2-11H2,1H3. The SMILES string of the molecule is CCCCCCCCCCN.CCCN1C=CC=C(C(=O)O)C1SCCC(F)(F)c1ccc(F)cc1. The Bertz CT molecular complexity index is 792. The lowest BCUT2D eigenvalue weighted by Crippen LogP contribution is -2.35. The van der Waals surface area contributed by atoms with E-state index in [1.165, 1.54) is 69.2 Å². The van der Waals surface area contributed by atoms with Crippen molar-refractivity contribution < 1.29 is 23.1 Å². The lowest BCUT2D eigenvalue weighted by molar-refractivity contribution is -0.133. The molecule has 1 heterocycles. The van der Waals surface area contributed by atoms with Crippen LogP contribution in [0.2, 0.25) is 0 Å². The molecule has 1 aliphatic rings. The van der Waals surface area contributed by atoms with Gasteiger partial charge in [-0.25, -0.2) is 18.0 Å². The molecular formula is C28H43F3N2O2S. The van der Waals surface area contributed by atoms with Crippen LogP contribution in [0.4, 0.5) is 13.2 Å². The van der Waals surface area contributed by atoms with Crippen LogP contribution < -0.4 is 5.73 Å². The Hall–Kier alpha value is -1.93. The van der Waals surface area contributed by atoms with Gasteiger partial charge in [0.25, 0.3) is 5.92 Å². The first-order valence-electron chi connectivity index (χ1n) is 13.1. The van der Waals surface area contributed by atoms with Crippen LogP contribution in [0.1, 0.15) is 83.6 Å². The van der Waals surface area contributed by atoms with Crippen LogP contribution >= 0.6 is 11.8 Å². The van der Waals surface area contributed by atoms with E-state index >= 15 is 0 Å². The highest BCUT2D eigenvalue weighted by Gasteiger charge is 2.33. The van der Waals surface area contributed by atoms with Crippen molar-refractivity contribution in [2.24, 2.45) is 5.73 Å². The molecular weight excluding hydrogens is 485 g/mol. The Kier molecular flexibility index (Phi) is 16.3. The number of unbranched alkanes of at least 4 members (excludes halogenated alkanes) is 7. The fraction of sp³-hybridized carbons (Fsp3) is 0.607. The molecule has 0 fully saturated rings. The summed E-state index contributed by atoms with van der Waals surface area (Å²) in [6.45, 7) is 5.74. The molecule has 1 unspecified atom stereocenters. The van der Waals surface area contributed by atoms with Gasteiger partial charge in [-0.2, -0.15) is 0 Å². The van der Waals surface area contributed by atoms with Crippen LogP contribution in [0.5, 0.6) is 0 Å². The van der Waals surface area contributed by atoms with E-state index in [9.17, 15) is 23.1 Å². The molecule has 2 rings (SSSR count). The maximum Gasteiger partial charge on any atom is 0.334 e. The molecule has 0 aliphatic carbocycles. The summed E-state index contributed by atoms with van der Waals surface area (Å²) in [6.07, 6.45) is 16.3. The zero-order valence-corrected chi connectivity index (χ0v) is 22.5. The van der Waals surface area contributed by atoms with Gasteiger partial charge in [0, 0.05) is 30.5 Å². The third kappa shape index (κ3) is 12.3. The van der Waals surface area contributed by atoms with Crippen molar-refractivity contribution in [3.63, 3.8) is 0 Å². The average Bonchev–Trinajstić information content (AvgIpc) is 2.85. The molecule has 0 saturated carbocycles. The number of carboxylic acids is 1. The lowest BCUT2D eigenvalue weighted by atomic mass is 10.1. The first-order chi connectivity index (χ1) is 17.3. The Morgan fingerprint density at radius 1 is 1.03 bits per heavy atom. The first kappa shape index (κ1) is 32.1. The molecule has 1 atom stereocenters. The van der Waals surface area contributed by atoms with Crippen molar-refractivity contribution in [2.45, 2.75) is 89.4 Å². The number of alkyl halides is 2. The third-order valence-electron chi connectivity index (χ3n) is 5.87. The van der Waals surface area contributed by atoms with E-state index < -0.39 is 29.5 Å². The number of benzene rings is 1. The van der Waals surface area contributed by atoms with Gasteiger partial charge in [-0.15, -0.1) is 11.8 Å². The average molecular weight is 529 g/mol. The summed E-state index contributed by atoms with van der Waals surface area (Å²) in [5.74, 6) is -4.62. The van der Waals surface area contributed by atoms with Gasteiger partial charge in [-0.3, -0.25) is 0 Å². The second-order valence-electron chi connectivity index (χ2n) is 8.95. The van der Waals surface area contributed by atoms with Crippen molar-refractivity contribution >= 4 is 17.7 Å². The number of aliphatic carboxylic acids is 1. The van der Waals surface area contributed by atoms with E-state index in [1.807, 2.05) is 11.8 Å². The summed E-state index contributed by atoms with van der Waals surface area (Å²) < 4.78 is 41.4. The predicted octanol–water partition coefficient (Wildman–Crippen LogP) is 7.70. The molecule has 0 aromatic heterocycles. The van der Waals surface area contributed by atoms with Gasteiger partial charge in [-0.05, 0) is 43.7 Å². The Morgan fingerprint density at radius 2 is 1.64 bits per heavy atom. The molecule has 0 bridgehead atoms. The molecule has 0 spiro atoms. The molecule has 1 aromatic rings. The number of hydrogen-bond donors (Lipinski definition) is 2. The molecule has 36 heavy (non-hydrogen) atoms. The quantitative estimate of drug-likeness (QED) is 0.215. The van der Waals surface area contributed by atoms with Crippen LogP contribution in [-0.4, -0.2) is 40.2 Å². The highest BCUT2D eigenvalue weighted by Crippen LogP contribution is 2.35. The van der Waals surface area contributed by atoms with E-state index in [2.05, 4.69) is 6.92 Å². The van der Waals surface area contributed by atoms with Crippen molar-refractivity contribution in [1.29, 1.82) is 0 Å². The maximum atomic E-state index is 14.2. The minimum atomic E-state index is -3.09. The topological polar surface area (TPSA) is 66.6 Å². The predicted molar refractivity (Wildman–Crippen MR) is 145 cm³/mol. The van der Waals surface area contributed by atoms with Crippen molar-refractivity contribution in [3.8, 4) is 0 Å². The second-order valence-corrected chi connectivity index (χ2v) is 10.1. The van der Waals surface area contributed by atoms with Gasteiger partial charge < -0.3 is 15.7 Å². The van der Waals surface area contributed by atoms with Crippen LogP contribution in [-0.2, 0) is 10.7 Å².